The first kappa shape index (κ1) is 17.9. The Morgan fingerprint density at radius 2 is 2.36 bits per heavy atom. The largest absolute Gasteiger partial charge is 0.380 e. The van der Waals surface area contributed by atoms with E-state index in [2.05, 4.69) is 50.4 Å². The van der Waals surface area contributed by atoms with E-state index in [4.69, 9.17) is 22.1 Å². The van der Waals surface area contributed by atoms with Crippen LogP contribution in [-0.4, -0.2) is 24.2 Å². The highest BCUT2D eigenvalue weighted by Crippen LogP contribution is 2.43. The van der Waals surface area contributed by atoms with Crippen LogP contribution in [0.25, 0.3) is 10.2 Å². The Balaban J connectivity index is 1.72. The Morgan fingerprint density at radius 3 is 3.12 bits per heavy atom. The number of thiophene rings is 2. The maximum atomic E-state index is 6.31. The van der Waals surface area contributed by atoms with Crippen LogP contribution < -0.4 is 11.1 Å². The van der Waals surface area contributed by atoms with Gasteiger partial charge in [-0.25, -0.2) is 4.98 Å². The van der Waals surface area contributed by atoms with E-state index in [9.17, 15) is 0 Å². The van der Waals surface area contributed by atoms with Gasteiger partial charge in [0.1, 0.15) is 5.15 Å². The van der Waals surface area contributed by atoms with Crippen LogP contribution in [0.3, 0.4) is 0 Å². The molecule has 4 heterocycles. The van der Waals surface area contributed by atoms with Crippen molar-refractivity contribution in [2.75, 3.05) is 18.5 Å². The standard InChI is InChI=1S/C17H17ClIN3OS2/c18-13-6-12(21-7-9-2-1-5-24-9)17-15(22-13)14(19)16(25-17)10-3-4-23-8-11(10)20/h1-2,5-6,10-11H,3-4,7-8,20H2,(H,21,22)/t10-,11-/m1/s1. The van der Waals surface area contributed by atoms with Crippen LogP contribution in [-0.2, 0) is 11.3 Å². The summed E-state index contributed by atoms with van der Waals surface area (Å²) in [5.74, 6) is 0.323. The zero-order valence-corrected chi connectivity index (χ0v) is 17.8. The fourth-order valence-corrected chi connectivity index (χ4v) is 6.55. The molecule has 0 amide bonds. The molecule has 25 heavy (non-hydrogen) atoms. The summed E-state index contributed by atoms with van der Waals surface area (Å²) in [5.41, 5.74) is 8.32. The molecule has 0 aromatic carbocycles. The van der Waals surface area contributed by atoms with Crippen molar-refractivity contribution < 1.29 is 4.74 Å². The second-order valence-corrected chi connectivity index (χ2v) is 9.57. The van der Waals surface area contributed by atoms with Crippen molar-refractivity contribution in [3.8, 4) is 0 Å². The summed E-state index contributed by atoms with van der Waals surface area (Å²) in [5, 5.41) is 6.12. The zero-order chi connectivity index (χ0) is 17.4. The monoisotopic (exact) mass is 505 g/mol. The van der Waals surface area contributed by atoms with Crippen molar-refractivity contribution in [3.63, 3.8) is 0 Å². The van der Waals surface area contributed by atoms with Crippen LogP contribution in [0.5, 0.6) is 0 Å². The first-order valence-electron chi connectivity index (χ1n) is 8.01. The average Bonchev–Trinajstić information content (AvgIpc) is 3.22. The van der Waals surface area contributed by atoms with Crippen LogP contribution in [0.1, 0.15) is 22.1 Å². The van der Waals surface area contributed by atoms with Crippen LogP contribution in [0.2, 0.25) is 5.15 Å². The SMILES string of the molecule is N[C@@H]1COCC[C@H]1c1sc2c(NCc3cccs3)cc(Cl)nc2c1I. The first-order valence-corrected chi connectivity index (χ1v) is 11.2. The molecule has 0 radical (unpaired) electrons. The quantitative estimate of drug-likeness (QED) is 0.384. The van der Waals surface area contributed by atoms with Crippen molar-refractivity contribution in [1.29, 1.82) is 0 Å². The third-order valence-electron chi connectivity index (χ3n) is 4.35. The Kier molecular flexibility index (Phi) is 5.49. The molecule has 0 aliphatic carbocycles. The van der Waals surface area contributed by atoms with Crippen molar-refractivity contribution in [2.45, 2.75) is 24.9 Å². The molecule has 3 aromatic heterocycles. The van der Waals surface area contributed by atoms with E-state index in [1.165, 1.54) is 13.3 Å². The molecule has 1 aliphatic heterocycles. The Labute approximate surface area is 172 Å². The number of fused-ring (bicyclic) bond motifs is 1. The number of hydrogen-bond acceptors (Lipinski definition) is 6. The predicted molar refractivity (Wildman–Crippen MR) is 115 cm³/mol. The van der Waals surface area contributed by atoms with E-state index in [1.54, 1.807) is 22.7 Å². The molecule has 1 saturated heterocycles. The van der Waals surface area contributed by atoms with Gasteiger partial charge in [0.25, 0.3) is 0 Å². The highest BCUT2D eigenvalue weighted by Gasteiger charge is 2.29. The molecule has 1 aliphatic rings. The number of pyridine rings is 1. The summed E-state index contributed by atoms with van der Waals surface area (Å²) in [6.45, 7) is 2.17. The molecule has 132 valence electrons. The van der Waals surface area contributed by atoms with Gasteiger partial charge in [0, 0.05) is 40.9 Å². The van der Waals surface area contributed by atoms with Crippen LogP contribution in [0.15, 0.2) is 23.6 Å². The molecule has 0 bridgehead atoms. The van der Waals surface area contributed by atoms with Gasteiger partial charge in [-0.05, 0) is 40.5 Å². The van der Waals surface area contributed by atoms with E-state index in [0.717, 1.165) is 35.5 Å². The van der Waals surface area contributed by atoms with Crippen LogP contribution in [0.4, 0.5) is 5.69 Å². The maximum absolute atomic E-state index is 6.31. The third kappa shape index (κ3) is 3.68. The number of rotatable bonds is 4. The molecule has 8 heteroatoms. The number of nitrogens with zero attached hydrogens (tertiary/aromatic N) is 1. The van der Waals surface area contributed by atoms with Gasteiger partial charge in [-0.2, -0.15) is 0 Å². The number of nitrogens with two attached hydrogens (primary N) is 1. The van der Waals surface area contributed by atoms with Gasteiger partial charge in [0.15, 0.2) is 0 Å². The lowest BCUT2D eigenvalue weighted by atomic mass is 9.94. The topological polar surface area (TPSA) is 60.2 Å². The number of hydrogen-bond donors (Lipinski definition) is 2. The minimum Gasteiger partial charge on any atom is -0.380 e. The molecule has 4 nitrogen and oxygen atoms in total. The van der Waals surface area contributed by atoms with E-state index in [-0.39, 0.29) is 6.04 Å². The Bertz CT molecular complexity index is 884. The lowest BCUT2D eigenvalue weighted by molar-refractivity contribution is 0.0702. The zero-order valence-electron chi connectivity index (χ0n) is 13.3. The van der Waals surface area contributed by atoms with Crippen LogP contribution >= 0.6 is 56.9 Å². The minimum absolute atomic E-state index is 0.0355. The molecule has 2 atom stereocenters. The fourth-order valence-electron chi connectivity index (χ4n) is 3.08. The molecule has 0 saturated carbocycles. The van der Waals surface area contributed by atoms with E-state index in [1.807, 2.05) is 6.07 Å². The number of anilines is 1. The van der Waals surface area contributed by atoms with Gasteiger partial charge in [-0.1, -0.05) is 17.7 Å². The highest BCUT2D eigenvalue weighted by atomic mass is 127. The highest BCUT2D eigenvalue weighted by molar-refractivity contribution is 14.1. The molecule has 4 rings (SSSR count). The lowest BCUT2D eigenvalue weighted by Crippen LogP contribution is -2.37. The van der Waals surface area contributed by atoms with Gasteiger partial charge < -0.3 is 15.8 Å². The molecule has 0 spiro atoms. The summed E-state index contributed by atoms with van der Waals surface area (Å²) in [7, 11) is 0. The molecule has 3 N–H and O–H groups in total. The predicted octanol–water partition coefficient (Wildman–Crippen LogP) is 5.06. The maximum Gasteiger partial charge on any atom is 0.131 e. The summed E-state index contributed by atoms with van der Waals surface area (Å²) in [6, 6.07) is 6.14. The molecule has 0 unspecified atom stereocenters. The molecule has 3 aromatic rings. The summed E-state index contributed by atoms with van der Waals surface area (Å²) in [6.07, 6.45) is 0.954. The summed E-state index contributed by atoms with van der Waals surface area (Å²) < 4.78 is 7.82. The Hall–Kier alpha value is -0.450. The number of halogens is 2. The number of ether oxygens (including phenoxy) is 1. The summed E-state index contributed by atoms with van der Waals surface area (Å²) >= 11 is 12.2. The second-order valence-electron chi connectivity index (χ2n) is 6.02. The number of aromatic nitrogens is 1. The van der Waals surface area contributed by atoms with E-state index < -0.39 is 0 Å². The van der Waals surface area contributed by atoms with Gasteiger partial charge in [-0.3, -0.25) is 0 Å². The normalized spacial score (nSPS) is 20.9. The van der Waals surface area contributed by atoms with E-state index >= 15 is 0 Å². The summed E-state index contributed by atoms with van der Waals surface area (Å²) in [4.78, 5) is 7.18. The third-order valence-corrected chi connectivity index (χ3v) is 8.22. The Morgan fingerprint density at radius 1 is 1.48 bits per heavy atom. The molecular formula is C17H17ClIN3OS2. The molecular weight excluding hydrogens is 489 g/mol. The van der Waals surface area contributed by atoms with Crippen molar-refractivity contribution >= 4 is 72.8 Å². The molecule has 1 fully saturated rings. The van der Waals surface area contributed by atoms with Crippen molar-refractivity contribution in [3.05, 3.63) is 42.1 Å². The number of nitrogens with one attached hydrogen (secondary N) is 1. The van der Waals surface area contributed by atoms with Gasteiger partial charge >= 0.3 is 0 Å². The fraction of sp³-hybridized carbons (Fsp3) is 0.353. The average molecular weight is 506 g/mol. The lowest BCUT2D eigenvalue weighted by Gasteiger charge is -2.28. The van der Waals surface area contributed by atoms with Crippen molar-refractivity contribution in [1.82, 2.24) is 4.98 Å². The van der Waals surface area contributed by atoms with Gasteiger partial charge in [-0.15, -0.1) is 22.7 Å². The van der Waals surface area contributed by atoms with Gasteiger partial charge in [0.2, 0.25) is 0 Å². The van der Waals surface area contributed by atoms with Crippen LogP contribution in [0, 0.1) is 3.57 Å². The van der Waals surface area contributed by atoms with E-state index in [0.29, 0.717) is 17.7 Å². The second kappa shape index (κ2) is 7.66. The first-order chi connectivity index (χ1) is 12.1. The minimum atomic E-state index is 0.0355. The van der Waals surface area contributed by atoms with Crippen molar-refractivity contribution in [2.24, 2.45) is 5.73 Å². The smallest absolute Gasteiger partial charge is 0.131 e. The van der Waals surface area contributed by atoms with Gasteiger partial charge in [0.05, 0.1) is 26.1 Å².